The van der Waals surface area contributed by atoms with Gasteiger partial charge in [-0.25, -0.2) is 0 Å². The smallest absolute Gasteiger partial charge is 0.155 e. The van der Waals surface area contributed by atoms with Crippen LogP contribution in [0.2, 0.25) is 0 Å². The van der Waals surface area contributed by atoms with Crippen LogP contribution in [0.3, 0.4) is 0 Å². The molecule has 0 aliphatic carbocycles. The molecule has 0 aliphatic heterocycles. The van der Waals surface area contributed by atoms with Crippen molar-refractivity contribution in [2.45, 2.75) is 25.9 Å². The summed E-state index contributed by atoms with van der Waals surface area (Å²) in [5.41, 5.74) is 6.62. The lowest BCUT2D eigenvalue weighted by atomic mass is 10.2. The van der Waals surface area contributed by atoms with E-state index in [9.17, 15) is 0 Å². The molecule has 4 nitrogen and oxygen atoms in total. The minimum absolute atomic E-state index is 0.0715. The summed E-state index contributed by atoms with van der Waals surface area (Å²) < 4.78 is 16.1. The van der Waals surface area contributed by atoms with Crippen molar-refractivity contribution < 1.29 is 14.2 Å². The first-order valence-electron chi connectivity index (χ1n) is 5.76. The Labute approximate surface area is 103 Å². The van der Waals surface area contributed by atoms with Gasteiger partial charge in [0, 0.05) is 13.7 Å². The Morgan fingerprint density at radius 3 is 2.47 bits per heavy atom. The van der Waals surface area contributed by atoms with Crippen molar-refractivity contribution in [2.75, 3.05) is 20.3 Å². The van der Waals surface area contributed by atoms with Crippen LogP contribution >= 0.6 is 0 Å². The minimum atomic E-state index is -0.264. The first-order valence-corrected chi connectivity index (χ1v) is 5.76. The molecule has 0 fully saturated rings. The third-order valence-corrected chi connectivity index (χ3v) is 2.44. The van der Waals surface area contributed by atoms with E-state index in [-0.39, 0.29) is 12.4 Å². The van der Waals surface area contributed by atoms with Crippen molar-refractivity contribution in [3.05, 3.63) is 35.9 Å². The van der Waals surface area contributed by atoms with E-state index in [1.807, 2.05) is 37.3 Å². The molecule has 0 heterocycles. The summed E-state index contributed by atoms with van der Waals surface area (Å²) >= 11 is 0. The highest BCUT2D eigenvalue weighted by atomic mass is 16.7. The molecule has 0 bridgehead atoms. The molecule has 0 amide bonds. The number of methoxy groups -OCH3 is 1. The number of ether oxygens (including phenoxy) is 3. The Kier molecular flexibility index (Phi) is 6.81. The first kappa shape index (κ1) is 14.1. The van der Waals surface area contributed by atoms with Crippen molar-refractivity contribution >= 4 is 0 Å². The fourth-order valence-electron chi connectivity index (χ4n) is 1.31. The summed E-state index contributed by atoms with van der Waals surface area (Å²) in [6.07, 6.45) is -0.336. The Hall–Kier alpha value is -0.940. The third-order valence-electron chi connectivity index (χ3n) is 2.44. The van der Waals surface area contributed by atoms with Crippen LogP contribution < -0.4 is 5.73 Å². The number of rotatable bonds is 8. The maximum Gasteiger partial charge on any atom is 0.155 e. The summed E-state index contributed by atoms with van der Waals surface area (Å²) in [5.74, 6) is 0. The maximum absolute atomic E-state index is 5.55. The highest BCUT2D eigenvalue weighted by Crippen LogP contribution is 2.04. The monoisotopic (exact) mass is 239 g/mol. The molecule has 17 heavy (non-hydrogen) atoms. The second kappa shape index (κ2) is 8.20. The molecular weight excluding hydrogens is 218 g/mol. The van der Waals surface area contributed by atoms with Crippen LogP contribution in [0.5, 0.6) is 0 Å². The van der Waals surface area contributed by atoms with Gasteiger partial charge in [-0.2, -0.15) is 0 Å². The number of hydrogen-bond acceptors (Lipinski definition) is 4. The van der Waals surface area contributed by atoms with Crippen LogP contribution in [0, 0.1) is 0 Å². The molecule has 4 heteroatoms. The van der Waals surface area contributed by atoms with Gasteiger partial charge in [-0.05, 0) is 12.5 Å². The summed E-state index contributed by atoms with van der Waals surface area (Å²) in [7, 11) is 1.62. The fourth-order valence-corrected chi connectivity index (χ4v) is 1.31. The molecule has 0 radical (unpaired) electrons. The summed E-state index contributed by atoms with van der Waals surface area (Å²) in [4.78, 5) is 0. The largest absolute Gasteiger partial charge is 0.378 e. The highest BCUT2D eigenvalue weighted by Gasteiger charge is 2.08. The molecule has 1 aromatic carbocycles. The molecule has 0 spiro atoms. The van der Waals surface area contributed by atoms with E-state index in [4.69, 9.17) is 19.9 Å². The van der Waals surface area contributed by atoms with Crippen molar-refractivity contribution in [1.29, 1.82) is 0 Å². The lowest BCUT2D eigenvalue weighted by Crippen LogP contribution is -2.30. The van der Waals surface area contributed by atoms with E-state index in [0.717, 1.165) is 5.56 Å². The van der Waals surface area contributed by atoms with Crippen LogP contribution in [-0.4, -0.2) is 32.7 Å². The lowest BCUT2D eigenvalue weighted by Gasteiger charge is -2.18. The zero-order valence-electron chi connectivity index (χ0n) is 10.5. The average Bonchev–Trinajstić information content (AvgIpc) is 2.39. The van der Waals surface area contributed by atoms with Crippen molar-refractivity contribution in [3.63, 3.8) is 0 Å². The first-order chi connectivity index (χ1) is 8.26. The van der Waals surface area contributed by atoms with Crippen LogP contribution in [0.4, 0.5) is 0 Å². The number of nitrogens with two attached hydrogens (primary N) is 1. The van der Waals surface area contributed by atoms with Gasteiger partial charge in [-0.3, -0.25) is 0 Å². The van der Waals surface area contributed by atoms with Gasteiger partial charge in [0.25, 0.3) is 0 Å². The molecule has 2 N–H and O–H groups in total. The highest BCUT2D eigenvalue weighted by molar-refractivity contribution is 5.13. The summed E-state index contributed by atoms with van der Waals surface area (Å²) in [6.45, 7) is 3.30. The molecule has 2 atom stereocenters. The van der Waals surface area contributed by atoms with Gasteiger partial charge in [0.05, 0.1) is 19.3 Å². The van der Waals surface area contributed by atoms with Gasteiger partial charge in [-0.1, -0.05) is 30.3 Å². The van der Waals surface area contributed by atoms with Crippen LogP contribution in [0.1, 0.15) is 12.5 Å². The zero-order chi connectivity index (χ0) is 12.5. The quantitative estimate of drug-likeness (QED) is 0.699. The number of benzene rings is 1. The summed E-state index contributed by atoms with van der Waals surface area (Å²) in [5, 5.41) is 0. The Bertz CT molecular complexity index is 288. The second-order valence-corrected chi connectivity index (χ2v) is 3.79. The fraction of sp³-hybridized carbons (Fsp3) is 0.538. The summed E-state index contributed by atoms with van der Waals surface area (Å²) in [6, 6.07) is 9.99. The van der Waals surface area contributed by atoms with Crippen LogP contribution in [0.25, 0.3) is 0 Å². The molecule has 1 aromatic rings. The van der Waals surface area contributed by atoms with Crippen molar-refractivity contribution in [2.24, 2.45) is 5.73 Å². The van der Waals surface area contributed by atoms with E-state index in [0.29, 0.717) is 19.8 Å². The Morgan fingerprint density at radius 2 is 1.88 bits per heavy atom. The minimum Gasteiger partial charge on any atom is -0.378 e. The maximum atomic E-state index is 5.55. The van der Waals surface area contributed by atoms with Crippen molar-refractivity contribution in [1.82, 2.24) is 0 Å². The predicted molar refractivity (Wildman–Crippen MR) is 66.5 cm³/mol. The molecule has 1 rings (SSSR count). The Morgan fingerprint density at radius 1 is 1.18 bits per heavy atom. The predicted octanol–water partition coefficient (Wildman–Crippen LogP) is 1.54. The topological polar surface area (TPSA) is 53.7 Å². The van der Waals surface area contributed by atoms with Gasteiger partial charge in [0.15, 0.2) is 6.29 Å². The van der Waals surface area contributed by atoms with Gasteiger partial charge in [0.1, 0.15) is 0 Å². The Balaban J connectivity index is 2.19. The van der Waals surface area contributed by atoms with E-state index < -0.39 is 0 Å². The average molecular weight is 239 g/mol. The molecule has 0 saturated carbocycles. The van der Waals surface area contributed by atoms with Gasteiger partial charge < -0.3 is 19.9 Å². The van der Waals surface area contributed by atoms with E-state index in [2.05, 4.69) is 0 Å². The standard InChI is InChI=1S/C13H21NO3/c1-11(17-10-13(8-14)15-2)16-9-12-6-4-3-5-7-12/h3-7,11,13H,8-10,14H2,1-2H3/t11?,13-/m1/s1. The van der Waals surface area contributed by atoms with Gasteiger partial charge in [0.2, 0.25) is 0 Å². The molecule has 96 valence electrons. The van der Waals surface area contributed by atoms with Crippen LogP contribution in [-0.2, 0) is 20.8 Å². The number of hydrogen-bond donors (Lipinski definition) is 1. The normalized spacial score (nSPS) is 14.5. The van der Waals surface area contributed by atoms with Gasteiger partial charge >= 0.3 is 0 Å². The molecule has 0 aliphatic rings. The van der Waals surface area contributed by atoms with E-state index in [1.54, 1.807) is 7.11 Å². The molecule has 0 aromatic heterocycles. The van der Waals surface area contributed by atoms with E-state index >= 15 is 0 Å². The lowest BCUT2D eigenvalue weighted by molar-refractivity contribution is -0.154. The third kappa shape index (κ3) is 5.79. The van der Waals surface area contributed by atoms with Crippen LogP contribution in [0.15, 0.2) is 30.3 Å². The molecule has 1 unspecified atom stereocenters. The molecular formula is C13H21NO3. The second-order valence-electron chi connectivity index (χ2n) is 3.79. The van der Waals surface area contributed by atoms with Gasteiger partial charge in [-0.15, -0.1) is 0 Å². The van der Waals surface area contributed by atoms with Crippen molar-refractivity contribution in [3.8, 4) is 0 Å². The SMILES string of the molecule is CO[C@H](CN)COC(C)OCc1ccccc1. The van der Waals surface area contributed by atoms with E-state index in [1.165, 1.54) is 0 Å². The molecule has 0 saturated heterocycles. The zero-order valence-corrected chi connectivity index (χ0v) is 10.5.